The van der Waals surface area contributed by atoms with Crippen molar-refractivity contribution in [2.24, 2.45) is 5.14 Å². The van der Waals surface area contributed by atoms with Crippen molar-refractivity contribution in [1.82, 2.24) is 4.98 Å². The molecule has 3 N–H and O–H groups in total. The lowest BCUT2D eigenvalue weighted by Gasteiger charge is -2.05. The highest BCUT2D eigenvalue weighted by molar-refractivity contribution is 9.10. The van der Waals surface area contributed by atoms with E-state index < -0.39 is 32.5 Å². The van der Waals surface area contributed by atoms with E-state index in [2.05, 4.69) is 21.1 Å². The lowest BCUT2D eigenvalue weighted by atomic mass is 10.3. The van der Waals surface area contributed by atoms with Gasteiger partial charge < -0.3 is 4.98 Å². The lowest BCUT2D eigenvalue weighted by molar-refractivity contribution is 0.145. The molecule has 0 spiro atoms. The molecule has 84 valence electrons. The number of hydrogen-bond acceptors (Lipinski definition) is 3. The average molecular weight is 303 g/mol. The number of nitrogens with two attached hydrogens (primary N) is 1. The Labute approximate surface area is 91.5 Å². The van der Waals surface area contributed by atoms with E-state index >= 15 is 0 Å². The van der Waals surface area contributed by atoms with E-state index in [-0.39, 0.29) is 4.47 Å². The molecule has 0 bridgehead atoms. The maximum Gasteiger partial charge on any atom is 0.270 e. The minimum atomic E-state index is -4.37. The largest absolute Gasteiger partial charge is 0.350 e. The van der Waals surface area contributed by atoms with Gasteiger partial charge in [-0.15, -0.1) is 0 Å². The quantitative estimate of drug-likeness (QED) is 0.843. The summed E-state index contributed by atoms with van der Waals surface area (Å²) in [5.74, 6) is 0. The fourth-order valence-electron chi connectivity index (χ4n) is 0.938. The van der Waals surface area contributed by atoms with Gasteiger partial charge in [-0.1, -0.05) is 0 Å². The molecule has 1 aromatic rings. The van der Waals surface area contributed by atoms with Gasteiger partial charge in [0.05, 0.1) is 4.47 Å². The number of aromatic nitrogens is 1. The molecule has 9 heteroatoms. The molecule has 0 atom stereocenters. The van der Waals surface area contributed by atoms with Crippen LogP contribution in [0.2, 0.25) is 0 Å². The molecule has 0 aliphatic heterocycles. The van der Waals surface area contributed by atoms with Crippen molar-refractivity contribution < 1.29 is 17.2 Å². The van der Waals surface area contributed by atoms with E-state index in [1.54, 1.807) is 0 Å². The summed E-state index contributed by atoms with van der Waals surface area (Å²) in [5, 5.41) is 3.70. The summed E-state index contributed by atoms with van der Waals surface area (Å²) in [6, 6.07) is 0. The van der Waals surface area contributed by atoms with Gasteiger partial charge in [0.2, 0.25) is 5.43 Å². The second-order valence-corrected chi connectivity index (χ2v) is 4.91. The van der Waals surface area contributed by atoms with Gasteiger partial charge in [-0.05, 0) is 15.9 Å². The molecular weight excluding hydrogens is 298 g/mol. The molecule has 1 rings (SSSR count). The van der Waals surface area contributed by atoms with Crippen LogP contribution in [0.25, 0.3) is 0 Å². The van der Waals surface area contributed by atoms with Gasteiger partial charge in [-0.3, -0.25) is 4.79 Å². The number of primary sulfonamides is 1. The number of H-pyrrole nitrogens is 1. The zero-order valence-corrected chi connectivity index (χ0v) is 9.40. The van der Waals surface area contributed by atoms with E-state index in [1.807, 2.05) is 4.98 Å². The van der Waals surface area contributed by atoms with E-state index in [0.29, 0.717) is 0 Å². The summed E-state index contributed by atoms with van der Waals surface area (Å²) in [6.07, 6.45) is -2.28. The molecule has 0 aliphatic rings. The number of hydrogen-bond donors (Lipinski definition) is 2. The van der Waals surface area contributed by atoms with Crippen molar-refractivity contribution in [2.75, 3.05) is 0 Å². The molecule has 0 saturated heterocycles. The second-order valence-electron chi connectivity index (χ2n) is 2.55. The second kappa shape index (κ2) is 3.99. The topological polar surface area (TPSA) is 93.0 Å². The van der Waals surface area contributed by atoms with Crippen LogP contribution in [-0.4, -0.2) is 13.4 Å². The lowest BCUT2D eigenvalue weighted by Crippen LogP contribution is -2.23. The minimum absolute atomic E-state index is 0.190. The number of aromatic amines is 1. The third-order valence-corrected chi connectivity index (χ3v) is 3.03. The van der Waals surface area contributed by atoms with Gasteiger partial charge in [0, 0.05) is 6.20 Å². The van der Waals surface area contributed by atoms with Gasteiger partial charge >= 0.3 is 0 Å². The molecule has 5 nitrogen and oxygen atoms in total. The third-order valence-electron chi connectivity index (χ3n) is 1.54. The highest BCUT2D eigenvalue weighted by Crippen LogP contribution is 2.22. The average Bonchev–Trinajstić information content (AvgIpc) is 2.06. The first-order chi connectivity index (χ1) is 6.75. The van der Waals surface area contributed by atoms with Gasteiger partial charge in [-0.2, -0.15) is 0 Å². The number of rotatable bonds is 2. The van der Waals surface area contributed by atoms with Crippen molar-refractivity contribution in [3.8, 4) is 0 Å². The van der Waals surface area contributed by atoms with Crippen LogP contribution in [0, 0.1) is 0 Å². The summed E-state index contributed by atoms with van der Waals surface area (Å²) in [5.41, 5.74) is -2.26. The smallest absolute Gasteiger partial charge is 0.270 e. The van der Waals surface area contributed by atoms with Crippen LogP contribution in [0.15, 0.2) is 20.5 Å². The van der Waals surface area contributed by atoms with Crippen LogP contribution in [0.5, 0.6) is 0 Å². The summed E-state index contributed by atoms with van der Waals surface area (Å²) < 4.78 is 46.4. The Kier molecular flexibility index (Phi) is 3.26. The number of sulfonamides is 1. The van der Waals surface area contributed by atoms with Gasteiger partial charge in [-0.25, -0.2) is 22.3 Å². The molecule has 1 heterocycles. The first-order valence-electron chi connectivity index (χ1n) is 3.47. The Hall–Kier alpha value is -0.800. The van der Waals surface area contributed by atoms with Crippen molar-refractivity contribution >= 4 is 26.0 Å². The molecule has 0 saturated carbocycles. The number of alkyl halides is 2. The van der Waals surface area contributed by atoms with Crippen LogP contribution < -0.4 is 10.6 Å². The Morgan fingerprint density at radius 1 is 1.47 bits per heavy atom. The molecule has 0 fully saturated rings. The van der Waals surface area contributed by atoms with Crippen LogP contribution in [-0.2, 0) is 10.0 Å². The maximum absolute atomic E-state index is 12.4. The molecule has 0 amide bonds. The van der Waals surface area contributed by atoms with Crippen LogP contribution >= 0.6 is 15.9 Å². The van der Waals surface area contributed by atoms with Crippen molar-refractivity contribution in [3.05, 3.63) is 26.5 Å². The normalized spacial score (nSPS) is 12.1. The van der Waals surface area contributed by atoms with Crippen LogP contribution in [0.4, 0.5) is 8.78 Å². The molecule has 0 aliphatic carbocycles. The summed E-state index contributed by atoms with van der Waals surface area (Å²) in [4.78, 5) is 13.2. The Morgan fingerprint density at radius 2 is 2.00 bits per heavy atom. The molecule has 1 aromatic heterocycles. The third kappa shape index (κ3) is 2.41. The monoisotopic (exact) mass is 302 g/mol. The number of halogens is 3. The predicted molar refractivity (Wildman–Crippen MR) is 51.1 cm³/mol. The van der Waals surface area contributed by atoms with E-state index in [1.165, 1.54) is 0 Å². The van der Waals surface area contributed by atoms with E-state index in [4.69, 9.17) is 0 Å². The maximum atomic E-state index is 12.4. The van der Waals surface area contributed by atoms with Gasteiger partial charge in [0.15, 0.2) is 5.03 Å². The molecule has 0 aromatic carbocycles. The van der Waals surface area contributed by atoms with Gasteiger partial charge in [0.1, 0.15) is 5.56 Å². The molecular formula is C6H5BrF2N2O3S. The van der Waals surface area contributed by atoms with E-state index in [9.17, 15) is 22.0 Å². The van der Waals surface area contributed by atoms with E-state index in [0.717, 1.165) is 6.20 Å². The minimum Gasteiger partial charge on any atom is -0.350 e. The number of pyridine rings is 1. The fourth-order valence-corrected chi connectivity index (χ4v) is 1.98. The standard InChI is InChI=1S/C6H5BrF2N2O3S/c7-2-1-11-6(15(10,13)14)3(4(2)12)5(8)9/h1,5H,(H,11,12)(H2,10,13,14). The van der Waals surface area contributed by atoms with Crippen LogP contribution in [0.3, 0.4) is 0 Å². The Morgan fingerprint density at radius 3 is 2.40 bits per heavy atom. The first-order valence-corrected chi connectivity index (χ1v) is 5.81. The highest BCUT2D eigenvalue weighted by Gasteiger charge is 2.25. The Balaban J connectivity index is 3.70. The zero-order chi connectivity index (χ0) is 11.8. The first kappa shape index (κ1) is 12.3. The molecule has 0 unspecified atom stereocenters. The summed E-state index contributed by atoms with van der Waals surface area (Å²) in [6.45, 7) is 0. The van der Waals surface area contributed by atoms with Gasteiger partial charge in [0.25, 0.3) is 16.4 Å². The summed E-state index contributed by atoms with van der Waals surface area (Å²) >= 11 is 2.70. The molecule has 0 radical (unpaired) electrons. The number of nitrogens with one attached hydrogen (secondary N) is 1. The van der Waals surface area contributed by atoms with Crippen LogP contribution in [0.1, 0.15) is 12.0 Å². The van der Waals surface area contributed by atoms with Crippen molar-refractivity contribution in [2.45, 2.75) is 11.5 Å². The SMILES string of the molecule is NS(=O)(=O)c1[nH]cc(Br)c(=O)c1C(F)F. The van der Waals surface area contributed by atoms with Crippen molar-refractivity contribution in [3.63, 3.8) is 0 Å². The molecule has 15 heavy (non-hydrogen) atoms. The predicted octanol–water partition coefficient (Wildman–Crippen LogP) is 0.722. The Bertz CT molecular complexity index is 540. The highest BCUT2D eigenvalue weighted by atomic mass is 79.9. The van der Waals surface area contributed by atoms with Crippen molar-refractivity contribution in [1.29, 1.82) is 0 Å². The summed E-state index contributed by atoms with van der Waals surface area (Å²) in [7, 11) is -4.37. The fraction of sp³-hybridized carbons (Fsp3) is 0.167. The zero-order valence-electron chi connectivity index (χ0n) is 7.00.